The van der Waals surface area contributed by atoms with Crippen LogP contribution in [0.5, 0.6) is 5.75 Å². The minimum atomic E-state index is 0.886. The first-order valence-corrected chi connectivity index (χ1v) is 8.94. The van der Waals surface area contributed by atoms with E-state index in [1.807, 2.05) is 12.1 Å². The van der Waals surface area contributed by atoms with Crippen LogP contribution in [0.2, 0.25) is 0 Å². The molecule has 0 aliphatic heterocycles. The lowest BCUT2D eigenvalue weighted by molar-refractivity contribution is 0.286. The molecule has 0 spiro atoms. The van der Waals surface area contributed by atoms with Crippen LogP contribution in [0.25, 0.3) is 6.08 Å². The van der Waals surface area contributed by atoms with Gasteiger partial charge in [-0.25, -0.2) is 0 Å². The van der Waals surface area contributed by atoms with Crippen LogP contribution < -0.4 is 4.74 Å². The van der Waals surface area contributed by atoms with Crippen molar-refractivity contribution in [2.75, 3.05) is 13.7 Å². The maximum atomic E-state index is 5.21. The van der Waals surface area contributed by atoms with E-state index in [4.69, 9.17) is 4.74 Å². The normalized spacial score (nSPS) is 11.2. The molecule has 0 aromatic heterocycles. The van der Waals surface area contributed by atoms with E-state index < -0.39 is 0 Å². The van der Waals surface area contributed by atoms with Crippen molar-refractivity contribution in [3.63, 3.8) is 0 Å². The van der Waals surface area contributed by atoms with Crippen LogP contribution in [0.3, 0.4) is 0 Å². The Morgan fingerprint density at radius 3 is 1.77 bits per heavy atom. The molecular weight excluding hydrogens is 318 g/mol. The standard InChI is InChI=1S/C24H25NO/c1-26-24-16-14-21(15-17-24)13-8-18-25(19-22-9-4-2-5-10-22)20-23-11-6-3-7-12-23/h2-17H,18-20H2,1H3/b13-8-. The Labute approximate surface area is 156 Å². The van der Waals surface area contributed by atoms with Gasteiger partial charge in [-0.1, -0.05) is 84.9 Å². The minimum Gasteiger partial charge on any atom is -0.497 e. The predicted octanol–water partition coefficient (Wildman–Crippen LogP) is 5.41. The van der Waals surface area contributed by atoms with Gasteiger partial charge in [0.2, 0.25) is 0 Å². The molecule has 26 heavy (non-hydrogen) atoms. The summed E-state index contributed by atoms with van der Waals surface area (Å²) < 4.78 is 5.21. The Hall–Kier alpha value is -2.84. The van der Waals surface area contributed by atoms with Crippen LogP contribution in [-0.2, 0) is 13.1 Å². The average Bonchev–Trinajstić information content (AvgIpc) is 2.70. The van der Waals surface area contributed by atoms with E-state index in [-0.39, 0.29) is 0 Å². The molecule has 3 aromatic carbocycles. The molecule has 0 atom stereocenters. The predicted molar refractivity (Wildman–Crippen MR) is 109 cm³/mol. The Morgan fingerprint density at radius 2 is 1.27 bits per heavy atom. The summed E-state index contributed by atoms with van der Waals surface area (Å²) in [6, 6.07) is 29.4. The third-order valence-corrected chi connectivity index (χ3v) is 4.29. The van der Waals surface area contributed by atoms with E-state index in [1.165, 1.54) is 16.7 Å². The zero-order chi connectivity index (χ0) is 18.0. The summed E-state index contributed by atoms with van der Waals surface area (Å²) in [5, 5.41) is 0. The molecule has 0 fully saturated rings. The molecular formula is C24H25NO. The number of rotatable bonds is 8. The molecule has 0 heterocycles. The topological polar surface area (TPSA) is 12.5 Å². The molecule has 2 nitrogen and oxygen atoms in total. The number of hydrogen-bond acceptors (Lipinski definition) is 2. The van der Waals surface area contributed by atoms with Crippen molar-refractivity contribution in [1.29, 1.82) is 0 Å². The molecule has 0 saturated heterocycles. The first-order chi connectivity index (χ1) is 12.8. The van der Waals surface area contributed by atoms with Crippen molar-refractivity contribution in [2.24, 2.45) is 0 Å². The fourth-order valence-electron chi connectivity index (χ4n) is 2.92. The molecule has 0 radical (unpaired) electrons. The zero-order valence-corrected chi connectivity index (χ0v) is 15.2. The van der Waals surface area contributed by atoms with Gasteiger partial charge in [-0.2, -0.15) is 0 Å². The Bertz CT molecular complexity index is 753. The van der Waals surface area contributed by atoms with Crippen molar-refractivity contribution in [2.45, 2.75) is 13.1 Å². The molecule has 0 amide bonds. The van der Waals surface area contributed by atoms with Gasteiger partial charge in [0.15, 0.2) is 0 Å². The van der Waals surface area contributed by atoms with Crippen molar-refractivity contribution >= 4 is 6.08 Å². The second kappa shape index (κ2) is 9.59. The summed E-state index contributed by atoms with van der Waals surface area (Å²) in [7, 11) is 1.69. The summed E-state index contributed by atoms with van der Waals surface area (Å²) in [5.74, 6) is 0.886. The fourth-order valence-corrected chi connectivity index (χ4v) is 2.92. The van der Waals surface area contributed by atoms with Crippen molar-refractivity contribution in [3.05, 3.63) is 108 Å². The van der Waals surface area contributed by atoms with Crippen LogP contribution in [0.4, 0.5) is 0 Å². The second-order valence-electron chi connectivity index (χ2n) is 6.32. The van der Waals surface area contributed by atoms with Gasteiger partial charge >= 0.3 is 0 Å². The van der Waals surface area contributed by atoms with E-state index in [1.54, 1.807) is 7.11 Å². The monoisotopic (exact) mass is 343 g/mol. The summed E-state index contributed by atoms with van der Waals surface area (Å²) in [5.41, 5.74) is 3.85. The molecule has 3 aromatic rings. The molecule has 0 unspecified atom stereocenters. The quantitative estimate of drug-likeness (QED) is 0.542. The molecule has 2 heteroatoms. The molecule has 0 aliphatic rings. The second-order valence-corrected chi connectivity index (χ2v) is 6.32. The van der Waals surface area contributed by atoms with Crippen LogP contribution in [-0.4, -0.2) is 18.6 Å². The lowest BCUT2D eigenvalue weighted by Crippen LogP contribution is -2.22. The maximum Gasteiger partial charge on any atom is 0.118 e. The van der Waals surface area contributed by atoms with E-state index in [0.717, 1.165) is 25.4 Å². The summed E-state index contributed by atoms with van der Waals surface area (Å²) in [6.45, 7) is 2.77. The van der Waals surface area contributed by atoms with E-state index in [0.29, 0.717) is 0 Å². The van der Waals surface area contributed by atoms with Crippen LogP contribution in [0.15, 0.2) is 91.0 Å². The van der Waals surface area contributed by atoms with Gasteiger partial charge < -0.3 is 4.74 Å². The van der Waals surface area contributed by atoms with E-state index in [2.05, 4.69) is 89.8 Å². The highest BCUT2D eigenvalue weighted by atomic mass is 16.5. The molecule has 0 bridgehead atoms. The molecule has 0 N–H and O–H groups in total. The van der Waals surface area contributed by atoms with Gasteiger partial charge in [0.05, 0.1) is 7.11 Å². The third-order valence-electron chi connectivity index (χ3n) is 4.29. The lowest BCUT2D eigenvalue weighted by Gasteiger charge is -2.21. The van der Waals surface area contributed by atoms with Crippen LogP contribution in [0.1, 0.15) is 16.7 Å². The van der Waals surface area contributed by atoms with Gasteiger partial charge in [0.25, 0.3) is 0 Å². The number of benzene rings is 3. The largest absolute Gasteiger partial charge is 0.497 e. The highest BCUT2D eigenvalue weighted by molar-refractivity contribution is 5.50. The van der Waals surface area contributed by atoms with Crippen molar-refractivity contribution in [3.8, 4) is 5.75 Å². The van der Waals surface area contributed by atoms with E-state index in [9.17, 15) is 0 Å². The van der Waals surface area contributed by atoms with Gasteiger partial charge in [0, 0.05) is 19.6 Å². The van der Waals surface area contributed by atoms with Crippen molar-refractivity contribution < 1.29 is 4.74 Å². The average molecular weight is 343 g/mol. The lowest BCUT2D eigenvalue weighted by atomic mass is 10.1. The van der Waals surface area contributed by atoms with Crippen LogP contribution >= 0.6 is 0 Å². The number of methoxy groups -OCH3 is 1. The smallest absolute Gasteiger partial charge is 0.118 e. The number of ether oxygens (including phenoxy) is 1. The number of hydrogen-bond donors (Lipinski definition) is 0. The van der Waals surface area contributed by atoms with Gasteiger partial charge in [-0.15, -0.1) is 0 Å². The molecule has 0 saturated carbocycles. The molecule has 0 aliphatic carbocycles. The number of nitrogens with zero attached hydrogens (tertiary/aromatic N) is 1. The van der Waals surface area contributed by atoms with Crippen LogP contribution in [0, 0.1) is 0 Å². The Morgan fingerprint density at radius 1 is 0.731 bits per heavy atom. The van der Waals surface area contributed by atoms with Gasteiger partial charge in [0.1, 0.15) is 5.75 Å². The van der Waals surface area contributed by atoms with Crippen molar-refractivity contribution in [1.82, 2.24) is 4.90 Å². The van der Waals surface area contributed by atoms with Gasteiger partial charge in [-0.05, 0) is 28.8 Å². The Kier molecular flexibility index (Phi) is 6.63. The van der Waals surface area contributed by atoms with Gasteiger partial charge in [-0.3, -0.25) is 4.90 Å². The summed E-state index contributed by atoms with van der Waals surface area (Å²) >= 11 is 0. The fraction of sp³-hybridized carbons (Fsp3) is 0.167. The summed E-state index contributed by atoms with van der Waals surface area (Å²) in [6.07, 6.45) is 4.40. The first kappa shape index (κ1) is 18.0. The molecule has 132 valence electrons. The SMILES string of the molecule is COc1ccc(/C=C\CN(Cc2ccccc2)Cc2ccccc2)cc1. The summed E-state index contributed by atoms with van der Waals surface area (Å²) in [4.78, 5) is 2.45. The third kappa shape index (κ3) is 5.61. The minimum absolute atomic E-state index is 0.886. The molecule has 3 rings (SSSR count). The maximum absolute atomic E-state index is 5.21. The first-order valence-electron chi connectivity index (χ1n) is 8.94. The highest BCUT2D eigenvalue weighted by Gasteiger charge is 2.05. The van der Waals surface area contributed by atoms with E-state index >= 15 is 0 Å². The Balaban J connectivity index is 1.66. The highest BCUT2D eigenvalue weighted by Crippen LogP contribution is 2.13. The zero-order valence-electron chi connectivity index (χ0n) is 15.2.